The molecule has 0 unspecified atom stereocenters. The van der Waals surface area contributed by atoms with Gasteiger partial charge in [0.25, 0.3) is 11.6 Å². The van der Waals surface area contributed by atoms with E-state index in [1.807, 2.05) is 0 Å². The Hall–Kier alpha value is -2.35. The van der Waals surface area contributed by atoms with Crippen LogP contribution in [-0.2, 0) is 4.79 Å². The topological polar surface area (TPSA) is 93.8 Å². The molecule has 1 amide bonds. The molecule has 0 fully saturated rings. The maximum Gasteiger partial charge on any atom is 0.277 e. The molecular weight excluding hydrogens is 405 g/mol. The first kappa shape index (κ1) is 20.0. The minimum Gasteiger partial charge on any atom is -0.482 e. The summed E-state index contributed by atoms with van der Waals surface area (Å²) in [6.45, 7) is 1.31. The fourth-order valence-corrected chi connectivity index (χ4v) is 2.42. The summed E-state index contributed by atoms with van der Waals surface area (Å²) in [5.41, 5.74) is 3.39. The van der Waals surface area contributed by atoms with Crippen LogP contribution in [0.1, 0.15) is 12.5 Å². The van der Waals surface area contributed by atoms with Gasteiger partial charge in [-0.2, -0.15) is 5.10 Å². The Morgan fingerprint density at radius 3 is 2.38 bits per heavy atom. The van der Waals surface area contributed by atoms with Crippen LogP contribution < -0.4 is 10.2 Å². The molecule has 0 aliphatic carbocycles. The molecule has 0 aliphatic rings. The Labute approximate surface area is 163 Å². The number of ether oxygens (including phenoxy) is 1. The van der Waals surface area contributed by atoms with Gasteiger partial charge < -0.3 is 4.74 Å². The van der Waals surface area contributed by atoms with Crippen LogP contribution in [-0.4, -0.2) is 23.1 Å². The number of halogens is 3. The first-order valence-electron chi connectivity index (χ1n) is 7.13. The molecule has 0 bridgehead atoms. The number of hydrogen-bond donors (Lipinski definition) is 1. The molecule has 0 aromatic heterocycles. The number of amides is 1. The van der Waals surface area contributed by atoms with Crippen LogP contribution in [0.25, 0.3) is 0 Å². The van der Waals surface area contributed by atoms with Crippen LogP contribution in [0.15, 0.2) is 41.5 Å². The average Bonchev–Trinajstić information content (AvgIpc) is 2.61. The van der Waals surface area contributed by atoms with Crippen LogP contribution in [0.2, 0.25) is 15.1 Å². The van der Waals surface area contributed by atoms with Crippen molar-refractivity contribution in [3.63, 3.8) is 0 Å². The van der Waals surface area contributed by atoms with E-state index < -0.39 is 10.8 Å². The van der Waals surface area contributed by atoms with Crippen LogP contribution >= 0.6 is 34.8 Å². The van der Waals surface area contributed by atoms with Crippen molar-refractivity contribution in [3.8, 4) is 5.75 Å². The third-order valence-electron chi connectivity index (χ3n) is 3.18. The van der Waals surface area contributed by atoms with Crippen LogP contribution in [0.3, 0.4) is 0 Å². The van der Waals surface area contributed by atoms with Crippen molar-refractivity contribution in [2.45, 2.75) is 6.92 Å². The number of rotatable bonds is 6. The number of carbonyl (C=O) groups is 1. The summed E-state index contributed by atoms with van der Waals surface area (Å²) in [5.74, 6) is -0.305. The fourth-order valence-electron chi connectivity index (χ4n) is 1.83. The molecule has 7 nitrogen and oxygen atoms in total. The minimum atomic E-state index is -0.520. The van der Waals surface area contributed by atoms with E-state index in [9.17, 15) is 14.9 Å². The zero-order valence-electron chi connectivity index (χ0n) is 13.3. The van der Waals surface area contributed by atoms with Gasteiger partial charge in [0, 0.05) is 18.2 Å². The fraction of sp³-hybridized carbons (Fsp3) is 0.125. The first-order valence-corrected chi connectivity index (χ1v) is 8.26. The maximum absolute atomic E-state index is 11.8. The van der Waals surface area contributed by atoms with Crippen molar-refractivity contribution in [1.82, 2.24) is 5.43 Å². The Morgan fingerprint density at radius 2 is 1.77 bits per heavy atom. The Kier molecular flexibility index (Phi) is 6.79. The lowest BCUT2D eigenvalue weighted by Gasteiger charge is -2.08. The van der Waals surface area contributed by atoms with Gasteiger partial charge in [0.1, 0.15) is 5.75 Å². The Balaban J connectivity index is 1.94. The molecular formula is C16H12Cl3N3O4. The lowest BCUT2D eigenvalue weighted by molar-refractivity contribution is -0.384. The number of carbonyl (C=O) groups excluding carboxylic acids is 1. The number of nitrogens with zero attached hydrogens (tertiary/aromatic N) is 2. The highest BCUT2D eigenvalue weighted by Gasteiger charge is 2.10. The number of benzene rings is 2. The van der Waals surface area contributed by atoms with Gasteiger partial charge in [0.15, 0.2) is 6.61 Å². The highest BCUT2D eigenvalue weighted by Crippen LogP contribution is 2.33. The smallest absolute Gasteiger partial charge is 0.277 e. The number of nitrogens with one attached hydrogen (secondary N) is 1. The van der Waals surface area contributed by atoms with Crippen LogP contribution in [0, 0.1) is 10.1 Å². The standard InChI is InChI=1S/C16H12Cl3N3O4/c1-9(10-2-4-11(5-3-10)22(24)25)20-21-16(23)8-26-15-7-13(18)12(17)6-14(15)19/h2-7H,8H2,1H3,(H,21,23). The van der Waals surface area contributed by atoms with E-state index in [-0.39, 0.29) is 33.1 Å². The molecule has 0 saturated carbocycles. The van der Waals surface area contributed by atoms with Crippen molar-refractivity contribution in [3.05, 3.63) is 67.1 Å². The highest BCUT2D eigenvalue weighted by molar-refractivity contribution is 6.43. The van der Waals surface area contributed by atoms with Crippen molar-refractivity contribution in [2.75, 3.05) is 6.61 Å². The van der Waals surface area contributed by atoms with Crippen molar-refractivity contribution in [1.29, 1.82) is 0 Å². The molecule has 0 spiro atoms. The van der Waals surface area contributed by atoms with Gasteiger partial charge in [-0.05, 0) is 30.7 Å². The molecule has 2 rings (SSSR count). The van der Waals surface area contributed by atoms with E-state index in [4.69, 9.17) is 39.5 Å². The predicted octanol–water partition coefficient (Wildman–Crippen LogP) is 4.47. The summed E-state index contributed by atoms with van der Waals surface area (Å²) in [4.78, 5) is 22.0. The van der Waals surface area contributed by atoms with Gasteiger partial charge in [0.2, 0.25) is 0 Å². The number of hydrogen-bond acceptors (Lipinski definition) is 5. The average molecular weight is 417 g/mol. The monoisotopic (exact) mass is 415 g/mol. The number of hydrazone groups is 1. The second kappa shape index (κ2) is 8.84. The SMILES string of the molecule is CC(=NNC(=O)COc1cc(Cl)c(Cl)cc1Cl)c1ccc([N+](=O)[O-])cc1. The molecule has 0 atom stereocenters. The number of nitro groups is 1. The largest absolute Gasteiger partial charge is 0.482 e. The second-order valence-corrected chi connectivity index (χ2v) is 6.24. The normalized spacial score (nSPS) is 11.2. The van der Waals surface area contributed by atoms with E-state index in [0.717, 1.165) is 0 Å². The number of non-ortho nitro benzene ring substituents is 1. The summed E-state index contributed by atoms with van der Waals surface area (Å²) < 4.78 is 5.28. The molecule has 0 saturated heterocycles. The van der Waals surface area contributed by atoms with Gasteiger partial charge in [-0.15, -0.1) is 0 Å². The second-order valence-electron chi connectivity index (χ2n) is 5.02. The molecule has 2 aromatic carbocycles. The van der Waals surface area contributed by atoms with Gasteiger partial charge in [0.05, 0.1) is 25.7 Å². The maximum atomic E-state index is 11.8. The van der Waals surface area contributed by atoms with Crippen LogP contribution in [0.5, 0.6) is 5.75 Å². The first-order chi connectivity index (χ1) is 12.3. The molecule has 0 aliphatic heterocycles. The molecule has 136 valence electrons. The quantitative estimate of drug-likeness (QED) is 0.325. The number of nitro benzene ring substituents is 1. The summed E-state index contributed by atoms with van der Waals surface area (Å²) in [5, 5.41) is 15.3. The summed E-state index contributed by atoms with van der Waals surface area (Å²) in [6, 6.07) is 8.60. The molecule has 26 heavy (non-hydrogen) atoms. The van der Waals surface area contributed by atoms with E-state index in [2.05, 4.69) is 10.5 Å². The third kappa shape index (κ3) is 5.32. The van der Waals surface area contributed by atoms with Crippen LogP contribution in [0.4, 0.5) is 5.69 Å². The lowest BCUT2D eigenvalue weighted by Crippen LogP contribution is -2.25. The molecule has 0 heterocycles. The van der Waals surface area contributed by atoms with Gasteiger partial charge in [-0.3, -0.25) is 14.9 Å². The summed E-state index contributed by atoms with van der Waals surface area (Å²) in [7, 11) is 0. The highest BCUT2D eigenvalue weighted by atomic mass is 35.5. The summed E-state index contributed by atoms with van der Waals surface area (Å²) in [6.07, 6.45) is 0. The lowest BCUT2D eigenvalue weighted by atomic mass is 10.1. The van der Waals surface area contributed by atoms with Crippen molar-refractivity contribution < 1.29 is 14.5 Å². The van der Waals surface area contributed by atoms with Gasteiger partial charge in [-0.25, -0.2) is 5.43 Å². The van der Waals surface area contributed by atoms with E-state index in [1.165, 1.54) is 36.4 Å². The molecule has 10 heteroatoms. The van der Waals surface area contributed by atoms with Crippen molar-refractivity contribution in [2.24, 2.45) is 5.10 Å². The summed E-state index contributed by atoms with van der Waals surface area (Å²) >= 11 is 17.6. The van der Waals surface area contributed by atoms with E-state index in [0.29, 0.717) is 11.3 Å². The van der Waals surface area contributed by atoms with E-state index in [1.54, 1.807) is 6.92 Å². The third-order valence-corrected chi connectivity index (χ3v) is 4.20. The molecule has 0 radical (unpaired) electrons. The van der Waals surface area contributed by atoms with E-state index >= 15 is 0 Å². The van der Waals surface area contributed by atoms with Gasteiger partial charge in [-0.1, -0.05) is 34.8 Å². The Bertz CT molecular complexity index is 870. The zero-order valence-corrected chi connectivity index (χ0v) is 15.6. The van der Waals surface area contributed by atoms with Crippen molar-refractivity contribution >= 4 is 52.1 Å². The predicted molar refractivity (Wildman–Crippen MR) is 100 cm³/mol. The Morgan fingerprint density at radius 1 is 1.15 bits per heavy atom. The van der Waals surface area contributed by atoms with Gasteiger partial charge >= 0.3 is 0 Å². The zero-order chi connectivity index (χ0) is 19.3. The molecule has 2 aromatic rings. The minimum absolute atomic E-state index is 0.0301. The molecule has 1 N–H and O–H groups in total.